The Morgan fingerprint density at radius 2 is 1.73 bits per heavy atom. The lowest BCUT2D eigenvalue weighted by atomic mass is 10.2. The Labute approximate surface area is 161 Å². The Morgan fingerprint density at radius 3 is 2.46 bits per heavy atom. The maximum Gasteiger partial charge on any atom is 0.250 e. The van der Waals surface area contributed by atoms with Gasteiger partial charge in [0.2, 0.25) is 5.91 Å². The number of carbonyl (C=O) groups is 1. The van der Waals surface area contributed by atoms with Crippen molar-refractivity contribution in [2.24, 2.45) is 0 Å². The predicted octanol–water partition coefficient (Wildman–Crippen LogP) is 5.13. The number of hydrogen-bond donors (Lipinski definition) is 2. The van der Waals surface area contributed by atoms with Crippen LogP contribution in [-0.2, 0) is 4.79 Å². The topological polar surface area (TPSA) is 54.3 Å². The van der Waals surface area contributed by atoms with Gasteiger partial charge >= 0.3 is 0 Å². The van der Waals surface area contributed by atoms with Crippen LogP contribution in [-0.4, -0.2) is 11.0 Å². The largest absolute Gasteiger partial charge is 0.457 e. The summed E-state index contributed by atoms with van der Waals surface area (Å²) in [6.07, 6.45) is 2.95. The monoisotopic (exact) mass is 382 g/mol. The minimum Gasteiger partial charge on any atom is -0.457 e. The third-order valence-electron chi connectivity index (χ3n) is 3.42. The van der Waals surface area contributed by atoms with Crippen molar-refractivity contribution in [1.82, 2.24) is 5.32 Å². The number of anilines is 1. The first-order valence-corrected chi connectivity index (χ1v) is 8.60. The van der Waals surface area contributed by atoms with Crippen LogP contribution in [0.2, 0.25) is 5.02 Å². The van der Waals surface area contributed by atoms with Crippen LogP contribution < -0.4 is 10.6 Å². The third kappa shape index (κ3) is 5.05. The summed E-state index contributed by atoms with van der Waals surface area (Å²) < 4.78 is 5.70. The molecule has 0 saturated carbocycles. The van der Waals surface area contributed by atoms with Gasteiger partial charge in [-0.05, 0) is 66.8 Å². The average Bonchev–Trinajstić information content (AvgIpc) is 3.10. The predicted molar refractivity (Wildman–Crippen MR) is 109 cm³/mol. The lowest BCUT2D eigenvalue weighted by Gasteiger charge is -2.07. The van der Waals surface area contributed by atoms with Crippen molar-refractivity contribution >= 4 is 46.6 Å². The molecule has 0 radical (unpaired) electrons. The van der Waals surface area contributed by atoms with Crippen LogP contribution in [0.3, 0.4) is 0 Å². The summed E-state index contributed by atoms with van der Waals surface area (Å²) in [4.78, 5) is 11.9. The summed E-state index contributed by atoms with van der Waals surface area (Å²) >= 11 is 11.0. The molecule has 0 fully saturated rings. The SMILES string of the molecule is O=C(C=Cc1ccc(-c2ccc(Cl)cc2)o1)NC(=S)Nc1ccccc1. The second-order valence-corrected chi connectivity index (χ2v) is 6.20. The number of carbonyl (C=O) groups excluding carboxylic acids is 1. The van der Waals surface area contributed by atoms with Gasteiger partial charge in [-0.3, -0.25) is 10.1 Å². The summed E-state index contributed by atoms with van der Waals surface area (Å²) in [5, 5.41) is 6.41. The van der Waals surface area contributed by atoms with Gasteiger partial charge in [0.25, 0.3) is 0 Å². The maximum absolute atomic E-state index is 11.9. The Hall–Kier alpha value is -2.89. The van der Waals surface area contributed by atoms with E-state index in [-0.39, 0.29) is 11.0 Å². The molecule has 130 valence electrons. The van der Waals surface area contributed by atoms with Gasteiger partial charge in [0.15, 0.2) is 5.11 Å². The molecule has 0 aliphatic heterocycles. The molecule has 1 amide bonds. The number of thiocarbonyl (C=S) groups is 1. The fourth-order valence-electron chi connectivity index (χ4n) is 2.21. The molecule has 0 aliphatic rings. The molecule has 6 heteroatoms. The molecule has 0 unspecified atom stereocenters. The molecular weight excluding hydrogens is 368 g/mol. The molecule has 1 aromatic heterocycles. The first kappa shape index (κ1) is 17.9. The van der Waals surface area contributed by atoms with E-state index in [0.717, 1.165) is 11.3 Å². The molecule has 0 atom stereocenters. The number of halogens is 1. The van der Waals surface area contributed by atoms with Crippen molar-refractivity contribution in [2.75, 3.05) is 5.32 Å². The molecule has 0 bridgehead atoms. The van der Waals surface area contributed by atoms with Crippen molar-refractivity contribution < 1.29 is 9.21 Å². The molecule has 3 rings (SSSR count). The van der Waals surface area contributed by atoms with Crippen molar-refractivity contribution in [3.05, 3.63) is 83.6 Å². The maximum atomic E-state index is 11.9. The molecule has 0 saturated heterocycles. The smallest absolute Gasteiger partial charge is 0.250 e. The number of benzene rings is 2. The lowest BCUT2D eigenvalue weighted by molar-refractivity contribution is -0.115. The van der Waals surface area contributed by atoms with Crippen molar-refractivity contribution in [3.8, 4) is 11.3 Å². The Bertz CT molecular complexity index is 934. The van der Waals surface area contributed by atoms with Gasteiger partial charge in [-0.15, -0.1) is 0 Å². The van der Waals surface area contributed by atoms with E-state index in [0.29, 0.717) is 16.5 Å². The van der Waals surface area contributed by atoms with E-state index >= 15 is 0 Å². The van der Waals surface area contributed by atoms with Gasteiger partial charge in [-0.2, -0.15) is 0 Å². The minimum atomic E-state index is -0.345. The van der Waals surface area contributed by atoms with Crippen LogP contribution in [0, 0.1) is 0 Å². The van der Waals surface area contributed by atoms with Gasteiger partial charge in [-0.25, -0.2) is 0 Å². The number of nitrogens with one attached hydrogen (secondary N) is 2. The Balaban J connectivity index is 1.56. The number of amides is 1. The van der Waals surface area contributed by atoms with E-state index < -0.39 is 0 Å². The van der Waals surface area contributed by atoms with Crippen LogP contribution in [0.15, 0.2) is 77.2 Å². The van der Waals surface area contributed by atoms with E-state index in [1.165, 1.54) is 6.08 Å². The summed E-state index contributed by atoms with van der Waals surface area (Å²) in [7, 11) is 0. The Morgan fingerprint density at radius 1 is 1.00 bits per heavy atom. The van der Waals surface area contributed by atoms with Gasteiger partial charge in [0.1, 0.15) is 11.5 Å². The molecule has 2 aromatic carbocycles. The molecule has 1 heterocycles. The first-order chi connectivity index (χ1) is 12.6. The van der Waals surface area contributed by atoms with Gasteiger partial charge in [0, 0.05) is 22.3 Å². The van der Waals surface area contributed by atoms with E-state index in [4.69, 9.17) is 28.2 Å². The van der Waals surface area contributed by atoms with Crippen LogP contribution in [0.5, 0.6) is 0 Å². The minimum absolute atomic E-state index is 0.229. The summed E-state index contributed by atoms with van der Waals surface area (Å²) in [6, 6.07) is 20.3. The Kier molecular flexibility index (Phi) is 5.84. The van der Waals surface area contributed by atoms with E-state index in [9.17, 15) is 4.79 Å². The van der Waals surface area contributed by atoms with E-state index in [1.807, 2.05) is 48.5 Å². The second kappa shape index (κ2) is 8.47. The van der Waals surface area contributed by atoms with Crippen LogP contribution in [0.4, 0.5) is 5.69 Å². The van der Waals surface area contributed by atoms with Crippen LogP contribution >= 0.6 is 23.8 Å². The number of para-hydroxylation sites is 1. The zero-order valence-electron chi connectivity index (χ0n) is 13.6. The zero-order chi connectivity index (χ0) is 18.4. The highest BCUT2D eigenvalue weighted by molar-refractivity contribution is 7.80. The third-order valence-corrected chi connectivity index (χ3v) is 3.88. The molecular formula is C20H15ClN2O2S. The van der Waals surface area contributed by atoms with Crippen molar-refractivity contribution in [3.63, 3.8) is 0 Å². The highest BCUT2D eigenvalue weighted by atomic mass is 35.5. The van der Waals surface area contributed by atoms with Gasteiger partial charge in [0.05, 0.1) is 0 Å². The number of rotatable bonds is 4. The average molecular weight is 383 g/mol. The summed E-state index contributed by atoms with van der Waals surface area (Å²) in [5.74, 6) is 0.915. The quantitative estimate of drug-likeness (QED) is 0.485. The standard InChI is InChI=1S/C20H15ClN2O2S/c21-15-8-6-14(7-9-15)18-12-10-17(25-18)11-13-19(24)23-20(26)22-16-4-2-1-3-5-16/h1-13H,(H2,22,23,24,26). The molecule has 26 heavy (non-hydrogen) atoms. The molecule has 2 N–H and O–H groups in total. The summed E-state index contributed by atoms with van der Waals surface area (Å²) in [5.41, 5.74) is 1.71. The van der Waals surface area contributed by atoms with Gasteiger partial charge < -0.3 is 9.73 Å². The molecule has 0 aliphatic carbocycles. The molecule has 4 nitrogen and oxygen atoms in total. The zero-order valence-corrected chi connectivity index (χ0v) is 15.2. The fraction of sp³-hybridized carbons (Fsp3) is 0. The highest BCUT2D eigenvalue weighted by Gasteiger charge is 2.05. The number of furan rings is 1. The molecule has 3 aromatic rings. The summed E-state index contributed by atoms with van der Waals surface area (Å²) in [6.45, 7) is 0. The number of hydrogen-bond acceptors (Lipinski definition) is 3. The van der Waals surface area contributed by atoms with Crippen molar-refractivity contribution in [1.29, 1.82) is 0 Å². The molecule has 0 spiro atoms. The fourth-order valence-corrected chi connectivity index (χ4v) is 2.55. The van der Waals surface area contributed by atoms with Crippen LogP contribution in [0.25, 0.3) is 17.4 Å². The first-order valence-electron chi connectivity index (χ1n) is 7.81. The second-order valence-electron chi connectivity index (χ2n) is 5.35. The van der Waals surface area contributed by atoms with Crippen molar-refractivity contribution in [2.45, 2.75) is 0 Å². The van der Waals surface area contributed by atoms with Crippen LogP contribution in [0.1, 0.15) is 5.76 Å². The lowest BCUT2D eigenvalue weighted by Crippen LogP contribution is -2.32. The van der Waals surface area contributed by atoms with Gasteiger partial charge in [-0.1, -0.05) is 29.8 Å². The van der Waals surface area contributed by atoms with E-state index in [2.05, 4.69) is 10.6 Å². The normalized spacial score (nSPS) is 10.7. The van der Waals surface area contributed by atoms with E-state index in [1.54, 1.807) is 24.3 Å². The highest BCUT2D eigenvalue weighted by Crippen LogP contribution is 2.24.